The van der Waals surface area contributed by atoms with E-state index in [9.17, 15) is 13.2 Å². The number of carbonyl (C=O) groups is 1. The van der Waals surface area contributed by atoms with Crippen LogP contribution in [0.25, 0.3) is 0 Å². The molecule has 1 amide bonds. The number of hydrogen-bond donors (Lipinski definition) is 2. The highest BCUT2D eigenvalue weighted by atomic mass is 32.2. The predicted molar refractivity (Wildman–Crippen MR) is 88.8 cm³/mol. The first-order valence-corrected chi connectivity index (χ1v) is 9.63. The minimum atomic E-state index is -3.44. The molecule has 1 aromatic carbocycles. The second kappa shape index (κ2) is 7.31. The molecule has 1 heterocycles. The van der Waals surface area contributed by atoms with Crippen LogP contribution in [0.2, 0.25) is 0 Å². The Balaban J connectivity index is 1.89. The summed E-state index contributed by atoms with van der Waals surface area (Å²) in [5.74, 6) is 0.732. The van der Waals surface area contributed by atoms with Gasteiger partial charge in [-0.15, -0.1) is 0 Å². The number of sulfonamides is 1. The van der Waals surface area contributed by atoms with Crippen LogP contribution < -0.4 is 14.8 Å². The lowest BCUT2D eigenvalue weighted by atomic mass is 10.0. The Kier molecular flexibility index (Phi) is 5.64. The fourth-order valence-corrected chi connectivity index (χ4v) is 3.36. The molecule has 0 unspecified atom stereocenters. The van der Waals surface area contributed by atoms with Gasteiger partial charge in [0.2, 0.25) is 15.9 Å². The summed E-state index contributed by atoms with van der Waals surface area (Å²) >= 11 is 0. The van der Waals surface area contributed by atoms with Gasteiger partial charge < -0.3 is 10.1 Å². The standard InChI is InChI=1S/C16H24N2O4S/c1-11(2)8-14(18-23(3,20)21)16(19)17-10-13-9-12-6-4-5-7-15(12)22-13/h4-7,11,13-14,18H,8-10H2,1-3H3,(H,17,19)/t13-,14+/m1/s1. The van der Waals surface area contributed by atoms with Crippen molar-refractivity contribution in [1.82, 2.24) is 10.0 Å². The molecule has 6 nitrogen and oxygen atoms in total. The number of fused-ring (bicyclic) bond motifs is 1. The first-order valence-electron chi connectivity index (χ1n) is 7.74. The lowest BCUT2D eigenvalue weighted by molar-refractivity contribution is -0.123. The molecule has 0 saturated carbocycles. The normalized spacial score (nSPS) is 18.3. The van der Waals surface area contributed by atoms with Crippen LogP contribution >= 0.6 is 0 Å². The van der Waals surface area contributed by atoms with E-state index in [2.05, 4.69) is 10.0 Å². The number of para-hydroxylation sites is 1. The van der Waals surface area contributed by atoms with Gasteiger partial charge in [0.1, 0.15) is 17.9 Å². The maximum atomic E-state index is 12.3. The average molecular weight is 340 g/mol. The molecular formula is C16H24N2O4S. The van der Waals surface area contributed by atoms with Crippen molar-refractivity contribution < 1.29 is 17.9 Å². The Morgan fingerprint density at radius 2 is 2.04 bits per heavy atom. The minimum Gasteiger partial charge on any atom is -0.488 e. The molecule has 0 radical (unpaired) electrons. The lowest BCUT2D eigenvalue weighted by Gasteiger charge is -2.20. The number of carbonyl (C=O) groups excluding carboxylic acids is 1. The van der Waals surface area contributed by atoms with Gasteiger partial charge in [-0.25, -0.2) is 13.1 Å². The summed E-state index contributed by atoms with van der Waals surface area (Å²) in [6.45, 7) is 4.25. The second-order valence-corrected chi connectivity index (χ2v) is 8.15. The molecule has 0 bridgehead atoms. The summed E-state index contributed by atoms with van der Waals surface area (Å²) in [4.78, 5) is 12.3. The van der Waals surface area contributed by atoms with Crippen LogP contribution in [0, 0.1) is 5.92 Å². The number of ether oxygens (including phenoxy) is 1. The van der Waals surface area contributed by atoms with Crippen molar-refractivity contribution in [1.29, 1.82) is 0 Å². The van der Waals surface area contributed by atoms with Gasteiger partial charge in [-0.05, 0) is 24.0 Å². The molecule has 2 atom stereocenters. The zero-order valence-electron chi connectivity index (χ0n) is 13.7. The summed E-state index contributed by atoms with van der Waals surface area (Å²) in [5.41, 5.74) is 1.12. The highest BCUT2D eigenvalue weighted by molar-refractivity contribution is 7.88. The molecule has 128 valence electrons. The summed E-state index contributed by atoms with van der Waals surface area (Å²) in [6, 6.07) is 7.02. The fourth-order valence-electron chi connectivity index (χ4n) is 2.64. The first kappa shape index (κ1) is 17.7. The molecule has 0 aromatic heterocycles. The van der Waals surface area contributed by atoms with Crippen LogP contribution in [0.15, 0.2) is 24.3 Å². The molecule has 1 aliphatic rings. The van der Waals surface area contributed by atoms with E-state index in [1.165, 1.54) is 0 Å². The predicted octanol–water partition coefficient (Wildman–Crippen LogP) is 1.07. The number of hydrogen-bond acceptors (Lipinski definition) is 4. The Morgan fingerprint density at radius 3 is 2.65 bits per heavy atom. The zero-order valence-corrected chi connectivity index (χ0v) is 14.5. The average Bonchev–Trinajstić information content (AvgIpc) is 2.84. The third kappa shape index (κ3) is 5.51. The molecule has 23 heavy (non-hydrogen) atoms. The molecular weight excluding hydrogens is 316 g/mol. The van der Waals surface area contributed by atoms with Crippen molar-refractivity contribution in [2.75, 3.05) is 12.8 Å². The number of nitrogens with one attached hydrogen (secondary N) is 2. The lowest BCUT2D eigenvalue weighted by Crippen LogP contribution is -2.49. The highest BCUT2D eigenvalue weighted by Gasteiger charge is 2.26. The molecule has 2 N–H and O–H groups in total. The van der Waals surface area contributed by atoms with Gasteiger partial charge >= 0.3 is 0 Å². The van der Waals surface area contributed by atoms with Crippen LogP contribution in [-0.4, -0.2) is 39.3 Å². The highest BCUT2D eigenvalue weighted by Crippen LogP contribution is 2.27. The van der Waals surface area contributed by atoms with Gasteiger partial charge in [-0.2, -0.15) is 0 Å². The maximum absolute atomic E-state index is 12.3. The van der Waals surface area contributed by atoms with Crippen LogP contribution in [-0.2, 0) is 21.2 Å². The molecule has 7 heteroatoms. The number of rotatable bonds is 7. The van der Waals surface area contributed by atoms with E-state index in [4.69, 9.17) is 4.74 Å². The summed E-state index contributed by atoms with van der Waals surface area (Å²) in [5, 5.41) is 2.80. The smallest absolute Gasteiger partial charge is 0.238 e. The van der Waals surface area contributed by atoms with Crippen molar-refractivity contribution in [2.45, 2.75) is 38.8 Å². The largest absolute Gasteiger partial charge is 0.488 e. The Bertz CT molecular complexity index is 633. The topological polar surface area (TPSA) is 84.5 Å². The van der Waals surface area contributed by atoms with E-state index in [-0.39, 0.29) is 17.9 Å². The number of amides is 1. The van der Waals surface area contributed by atoms with Crippen molar-refractivity contribution in [3.8, 4) is 5.75 Å². The van der Waals surface area contributed by atoms with Crippen molar-refractivity contribution in [2.24, 2.45) is 5.92 Å². The molecule has 1 aliphatic heterocycles. The molecule has 0 spiro atoms. The summed E-state index contributed by atoms with van der Waals surface area (Å²) < 4.78 is 31.0. The molecule has 0 saturated heterocycles. The van der Waals surface area contributed by atoms with E-state index in [0.717, 1.165) is 24.0 Å². The molecule has 1 aromatic rings. The van der Waals surface area contributed by atoms with Gasteiger partial charge in [0.25, 0.3) is 0 Å². The van der Waals surface area contributed by atoms with E-state index in [0.29, 0.717) is 13.0 Å². The van der Waals surface area contributed by atoms with Crippen molar-refractivity contribution in [3.05, 3.63) is 29.8 Å². The third-order valence-electron chi connectivity index (χ3n) is 3.60. The van der Waals surface area contributed by atoms with Crippen LogP contribution in [0.4, 0.5) is 0 Å². The summed E-state index contributed by atoms with van der Waals surface area (Å²) in [6.07, 6.45) is 2.13. The zero-order chi connectivity index (χ0) is 17.0. The van der Waals surface area contributed by atoms with Gasteiger partial charge in [0, 0.05) is 6.42 Å². The van der Waals surface area contributed by atoms with Gasteiger partial charge in [-0.3, -0.25) is 4.79 Å². The Morgan fingerprint density at radius 1 is 1.35 bits per heavy atom. The number of benzene rings is 1. The van der Waals surface area contributed by atoms with Crippen molar-refractivity contribution >= 4 is 15.9 Å². The van der Waals surface area contributed by atoms with E-state index >= 15 is 0 Å². The monoisotopic (exact) mass is 340 g/mol. The van der Waals surface area contributed by atoms with E-state index in [1.807, 2.05) is 38.1 Å². The fraction of sp³-hybridized carbons (Fsp3) is 0.562. The second-order valence-electron chi connectivity index (χ2n) is 6.37. The Hall–Kier alpha value is -1.60. The van der Waals surface area contributed by atoms with Crippen LogP contribution in [0.5, 0.6) is 5.75 Å². The third-order valence-corrected chi connectivity index (χ3v) is 4.31. The van der Waals surface area contributed by atoms with E-state index < -0.39 is 16.1 Å². The van der Waals surface area contributed by atoms with Crippen molar-refractivity contribution in [3.63, 3.8) is 0 Å². The molecule has 2 rings (SSSR count). The Labute approximate surface area is 137 Å². The molecule has 0 aliphatic carbocycles. The van der Waals surface area contributed by atoms with Gasteiger partial charge in [0.15, 0.2) is 0 Å². The summed E-state index contributed by atoms with van der Waals surface area (Å²) in [7, 11) is -3.44. The van der Waals surface area contributed by atoms with Gasteiger partial charge in [0.05, 0.1) is 12.8 Å². The van der Waals surface area contributed by atoms with Gasteiger partial charge in [-0.1, -0.05) is 32.0 Å². The van der Waals surface area contributed by atoms with E-state index in [1.54, 1.807) is 0 Å². The quantitative estimate of drug-likeness (QED) is 0.778. The first-order chi connectivity index (χ1) is 10.7. The van der Waals surface area contributed by atoms with Crippen LogP contribution in [0.3, 0.4) is 0 Å². The minimum absolute atomic E-state index is 0.116. The van der Waals surface area contributed by atoms with Crippen LogP contribution in [0.1, 0.15) is 25.8 Å². The SMILES string of the molecule is CC(C)C[C@H](NS(C)(=O)=O)C(=O)NC[C@H]1Cc2ccccc2O1. The molecule has 0 fully saturated rings. The maximum Gasteiger partial charge on any atom is 0.238 e.